The lowest BCUT2D eigenvalue weighted by Gasteiger charge is -2.30. The smallest absolute Gasteiger partial charge is 0.254 e. The van der Waals surface area contributed by atoms with Crippen LogP contribution in [0.2, 0.25) is 0 Å². The second-order valence-electron chi connectivity index (χ2n) is 6.17. The molecule has 1 aliphatic carbocycles. The summed E-state index contributed by atoms with van der Waals surface area (Å²) in [6.45, 7) is 2.96. The van der Waals surface area contributed by atoms with Crippen molar-refractivity contribution in [1.29, 1.82) is 0 Å². The highest BCUT2D eigenvalue weighted by atomic mass is 79.9. The lowest BCUT2D eigenvalue weighted by molar-refractivity contribution is 0.0688. The van der Waals surface area contributed by atoms with Crippen molar-refractivity contribution in [3.05, 3.63) is 33.8 Å². The van der Waals surface area contributed by atoms with E-state index in [0.717, 1.165) is 28.1 Å². The molecule has 2 fully saturated rings. The Morgan fingerprint density at radius 2 is 1.95 bits per heavy atom. The first-order chi connectivity index (χ1) is 9.68. The summed E-state index contributed by atoms with van der Waals surface area (Å²) in [5.74, 6) is 0.979. The van der Waals surface area contributed by atoms with Crippen LogP contribution in [0.3, 0.4) is 0 Å². The van der Waals surface area contributed by atoms with Crippen LogP contribution < -0.4 is 0 Å². The number of nitrogens with zero attached hydrogens (tertiary/aromatic N) is 1. The summed E-state index contributed by atoms with van der Waals surface area (Å²) < 4.78 is 1.03. The Morgan fingerprint density at radius 1 is 1.20 bits per heavy atom. The fraction of sp³-hybridized carbons (Fsp3) is 0.588. The molecule has 0 radical (unpaired) electrons. The minimum atomic E-state index is 0.234. The van der Waals surface area contributed by atoms with Gasteiger partial charge in [0.05, 0.1) is 0 Å². The number of amides is 1. The van der Waals surface area contributed by atoms with Crippen LogP contribution in [0.15, 0.2) is 22.7 Å². The van der Waals surface area contributed by atoms with E-state index in [9.17, 15) is 4.79 Å². The van der Waals surface area contributed by atoms with Crippen molar-refractivity contribution in [3.63, 3.8) is 0 Å². The molecule has 108 valence electrons. The molecular formula is C17H22BrNO. The number of carbonyl (C=O) groups is 1. The predicted octanol–water partition coefficient (Wildman–Crippen LogP) is 4.55. The molecule has 0 spiro atoms. The van der Waals surface area contributed by atoms with Gasteiger partial charge in [0.25, 0.3) is 5.91 Å². The first kappa shape index (κ1) is 14.1. The zero-order valence-electron chi connectivity index (χ0n) is 12.1. The highest BCUT2D eigenvalue weighted by Gasteiger charge is 2.36. The van der Waals surface area contributed by atoms with Crippen LogP contribution in [0.4, 0.5) is 0 Å². The van der Waals surface area contributed by atoms with Crippen molar-refractivity contribution >= 4 is 21.8 Å². The zero-order valence-corrected chi connectivity index (χ0v) is 13.7. The molecule has 1 amide bonds. The molecular weight excluding hydrogens is 314 g/mol. The maximum absolute atomic E-state index is 12.9. The number of benzene rings is 1. The number of rotatable bonds is 2. The maximum Gasteiger partial charge on any atom is 0.254 e. The van der Waals surface area contributed by atoms with Gasteiger partial charge in [0.2, 0.25) is 0 Å². The van der Waals surface area contributed by atoms with Crippen LogP contribution >= 0.6 is 15.9 Å². The maximum atomic E-state index is 12.9. The van der Waals surface area contributed by atoms with E-state index in [2.05, 4.69) is 20.8 Å². The Bertz CT molecular complexity index is 508. The van der Waals surface area contributed by atoms with Gasteiger partial charge in [-0.25, -0.2) is 0 Å². The standard InChI is InChI=1S/C17H22BrNO/c1-12-14(8-4-9-15(12)18)17(20)19-11-5-10-16(19)13-6-2-3-7-13/h4,8-9,13,16H,2-3,5-7,10-11H2,1H3. The average Bonchev–Trinajstić information content (AvgIpc) is 3.10. The molecule has 2 aliphatic rings. The predicted molar refractivity (Wildman–Crippen MR) is 84.9 cm³/mol. The monoisotopic (exact) mass is 335 g/mol. The Morgan fingerprint density at radius 3 is 2.70 bits per heavy atom. The highest BCUT2D eigenvalue weighted by molar-refractivity contribution is 9.10. The Balaban J connectivity index is 1.83. The molecule has 20 heavy (non-hydrogen) atoms. The molecule has 1 aliphatic heterocycles. The van der Waals surface area contributed by atoms with E-state index < -0.39 is 0 Å². The number of halogens is 1. The van der Waals surface area contributed by atoms with Crippen LogP contribution in [0.1, 0.15) is 54.4 Å². The Hall–Kier alpha value is -0.830. The molecule has 1 saturated carbocycles. The third-order valence-electron chi connectivity index (χ3n) is 5.00. The van der Waals surface area contributed by atoms with E-state index in [-0.39, 0.29) is 5.91 Å². The zero-order chi connectivity index (χ0) is 14.1. The number of hydrogen-bond acceptors (Lipinski definition) is 1. The molecule has 1 saturated heterocycles. The lowest BCUT2D eigenvalue weighted by atomic mass is 9.95. The molecule has 1 aromatic rings. The summed E-state index contributed by atoms with van der Waals surface area (Å²) in [6, 6.07) is 6.42. The molecule has 2 nitrogen and oxygen atoms in total. The van der Waals surface area contributed by atoms with Crippen molar-refractivity contribution in [1.82, 2.24) is 4.90 Å². The first-order valence-electron chi connectivity index (χ1n) is 7.74. The third kappa shape index (κ3) is 2.52. The van der Waals surface area contributed by atoms with Gasteiger partial charge in [-0.3, -0.25) is 4.79 Å². The fourth-order valence-electron chi connectivity index (χ4n) is 3.87. The molecule has 0 aromatic heterocycles. The van der Waals surface area contributed by atoms with Gasteiger partial charge in [0, 0.05) is 22.6 Å². The highest BCUT2D eigenvalue weighted by Crippen LogP contribution is 2.36. The van der Waals surface area contributed by atoms with Gasteiger partial charge in [-0.1, -0.05) is 34.8 Å². The minimum absolute atomic E-state index is 0.234. The van der Waals surface area contributed by atoms with Crippen molar-refractivity contribution in [2.45, 2.75) is 51.5 Å². The fourth-order valence-corrected chi connectivity index (χ4v) is 4.24. The van der Waals surface area contributed by atoms with Crippen molar-refractivity contribution in [2.24, 2.45) is 5.92 Å². The van der Waals surface area contributed by atoms with Crippen LogP contribution in [0.5, 0.6) is 0 Å². The number of carbonyl (C=O) groups excluding carboxylic acids is 1. The van der Waals surface area contributed by atoms with Crippen LogP contribution in [-0.2, 0) is 0 Å². The van der Waals surface area contributed by atoms with Gasteiger partial charge in [-0.05, 0) is 56.2 Å². The SMILES string of the molecule is Cc1c(Br)cccc1C(=O)N1CCCC1C1CCCC1. The van der Waals surface area contributed by atoms with Gasteiger partial charge in [-0.15, -0.1) is 0 Å². The van der Waals surface area contributed by atoms with Crippen molar-refractivity contribution in [3.8, 4) is 0 Å². The first-order valence-corrected chi connectivity index (χ1v) is 8.54. The van der Waals surface area contributed by atoms with Crippen LogP contribution in [0, 0.1) is 12.8 Å². The minimum Gasteiger partial charge on any atom is -0.335 e. The normalized spacial score (nSPS) is 23.5. The van der Waals surface area contributed by atoms with Crippen LogP contribution in [-0.4, -0.2) is 23.4 Å². The topological polar surface area (TPSA) is 20.3 Å². The van der Waals surface area contributed by atoms with Crippen molar-refractivity contribution in [2.75, 3.05) is 6.54 Å². The second-order valence-corrected chi connectivity index (χ2v) is 7.02. The largest absolute Gasteiger partial charge is 0.335 e. The summed E-state index contributed by atoms with van der Waals surface area (Å²) >= 11 is 3.53. The molecule has 0 N–H and O–H groups in total. The van der Waals surface area contributed by atoms with E-state index in [1.165, 1.54) is 38.5 Å². The number of hydrogen-bond donors (Lipinski definition) is 0. The Kier molecular flexibility index (Phi) is 4.16. The van der Waals surface area contributed by atoms with E-state index >= 15 is 0 Å². The second kappa shape index (κ2) is 5.88. The molecule has 3 heteroatoms. The van der Waals surface area contributed by atoms with Gasteiger partial charge in [0.1, 0.15) is 0 Å². The van der Waals surface area contributed by atoms with Gasteiger partial charge in [-0.2, -0.15) is 0 Å². The quantitative estimate of drug-likeness (QED) is 0.776. The van der Waals surface area contributed by atoms with Crippen molar-refractivity contribution < 1.29 is 4.79 Å². The average molecular weight is 336 g/mol. The summed E-state index contributed by atoms with van der Waals surface area (Å²) in [5, 5.41) is 0. The van der Waals surface area contributed by atoms with Gasteiger partial charge < -0.3 is 4.90 Å². The third-order valence-corrected chi connectivity index (χ3v) is 5.86. The summed E-state index contributed by atoms with van der Waals surface area (Å²) in [5.41, 5.74) is 1.93. The molecule has 1 aromatic carbocycles. The van der Waals surface area contributed by atoms with E-state index in [0.29, 0.717) is 6.04 Å². The summed E-state index contributed by atoms with van der Waals surface area (Å²) in [4.78, 5) is 15.0. The number of likely N-dealkylation sites (tertiary alicyclic amines) is 1. The van der Waals surface area contributed by atoms with Gasteiger partial charge >= 0.3 is 0 Å². The van der Waals surface area contributed by atoms with Crippen LogP contribution in [0.25, 0.3) is 0 Å². The molecule has 1 atom stereocenters. The van der Waals surface area contributed by atoms with E-state index in [1.807, 2.05) is 25.1 Å². The molecule has 0 bridgehead atoms. The molecule has 1 unspecified atom stereocenters. The summed E-state index contributed by atoms with van der Waals surface area (Å²) in [7, 11) is 0. The Labute approximate surface area is 129 Å². The summed E-state index contributed by atoms with van der Waals surface area (Å²) in [6.07, 6.45) is 7.68. The molecule has 3 rings (SSSR count). The molecule has 1 heterocycles. The van der Waals surface area contributed by atoms with Gasteiger partial charge in [0.15, 0.2) is 0 Å². The van der Waals surface area contributed by atoms with E-state index in [4.69, 9.17) is 0 Å². The van der Waals surface area contributed by atoms with E-state index in [1.54, 1.807) is 0 Å². The lowest BCUT2D eigenvalue weighted by Crippen LogP contribution is -2.39.